The van der Waals surface area contributed by atoms with Crippen LogP contribution in [0.1, 0.15) is 43.5 Å². The van der Waals surface area contributed by atoms with Gasteiger partial charge in [0.2, 0.25) is 11.8 Å². The summed E-state index contributed by atoms with van der Waals surface area (Å²) < 4.78 is 0. The van der Waals surface area contributed by atoms with Crippen LogP contribution in [0.2, 0.25) is 0 Å². The van der Waals surface area contributed by atoms with E-state index in [4.69, 9.17) is 0 Å². The summed E-state index contributed by atoms with van der Waals surface area (Å²) in [6, 6.07) is 6.69. The maximum Gasteiger partial charge on any atom is 0.251 e. The van der Waals surface area contributed by atoms with Crippen LogP contribution in [0.5, 0.6) is 0 Å². The second-order valence-corrected chi connectivity index (χ2v) is 4.97. The van der Waals surface area contributed by atoms with E-state index < -0.39 is 0 Å². The molecule has 6 nitrogen and oxygen atoms in total. The molecular weight excluding hydrogens is 282 g/mol. The Morgan fingerprint density at radius 1 is 1.09 bits per heavy atom. The van der Waals surface area contributed by atoms with E-state index in [1.54, 1.807) is 24.3 Å². The summed E-state index contributed by atoms with van der Waals surface area (Å²) in [7, 11) is 0. The molecule has 1 rings (SSSR count). The molecule has 1 aromatic carbocycles. The molecule has 0 spiro atoms. The van der Waals surface area contributed by atoms with Crippen molar-refractivity contribution in [2.75, 3.05) is 18.4 Å². The normalized spacial score (nSPS) is 9.91. The number of hydrogen-bond donors (Lipinski definition) is 3. The van der Waals surface area contributed by atoms with Crippen molar-refractivity contribution in [3.8, 4) is 0 Å². The average Bonchev–Trinajstić information content (AvgIpc) is 2.49. The van der Waals surface area contributed by atoms with Crippen molar-refractivity contribution in [2.45, 2.75) is 33.1 Å². The fourth-order valence-electron chi connectivity index (χ4n) is 1.85. The van der Waals surface area contributed by atoms with Crippen molar-refractivity contribution < 1.29 is 14.4 Å². The Balaban J connectivity index is 2.36. The Bertz CT molecular complexity index is 529. The number of hydrogen-bond acceptors (Lipinski definition) is 3. The number of carbonyl (C=O) groups excluding carboxylic acids is 3. The molecule has 6 heteroatoms. The van der Waals surface area contributed by atoms with Crippen LogP contribution in [0.4, 0.5) is 5.69 Å². The van der Waals surface area contributed by atoms with E-state index in [0.717, 1.165) is 12.8 Å². The summed E-state index contributed by atoms with van der Waals surface area (Å²) in [4.78, 5) is 34.4. The van der Waals surface area contributed by atoms with E-state index >= 15 is 0 Å². The van der Waals surface area contributed by atoms with Gasteiger partial charge in [-0.05, 0) is 24.6 Å². The van der Waals surface area contributed by atoms with Gasteiger partial charge >= 0.3 is 0 Å². The van der Waals surface area contributed by atoms with E-state index in [0.29, 0.717) is 30.8 Å². The molecular formula is C16H23N3O3. The predicted molar refractivity (Wildman–Crippen MR) is 85.6 cm³/mol. The van der Waals surface area contributed by atoms with E-state index in [1.807, 2.05) is 6.92 Å². The van der Waals surface area contributed by atoms with E-state index in [1.165, 1.54) is 6.92 Å². The van der Waals surface area contributed by atoms with Crippen LogP contribution in [0, 0.1) is 0 Å². The highest BCUT2D eigenvalue weighted by atomic mass is 16.2. The van der Waals surface area contributed by atoms with Gasteiger partial charge in [-0.25, -0.2) is 0 Å². The van der Waals surface area contributed by atoms with Crippen molar-refractivity contribution in [3.63, 3.8) is 0 Å². The number of unbranched alkanes of at least 4 members (excludes halogenated alkanes) is 1. The molecule has 0 aromatic heterocycles. The number of nitrogens with one attached hydrogen (secondary N) is 3. The van der Waals surface area contributed by atoms with Gasteiger partial charge in [-0.15, -0.1) is 0 Å². The third-order valence-corrected chi connectivity index (χ3v) is 2.94. The molecule has 0 radical (unpaired) electrons. The fraction of sp³-hybridized carbons (Fsp3) is 0.438. The lowest BCUT2D eigenvalue weighted by atomic mass is 10.2. The monoisotopic (exact) mass is 305 g/mol. The summed E-state index contributed by atoms with van der Waals surface area (Å²) in [5.74, 6) is -0.425. The molecule has 0 bridgehead atoms. The second kappa shape index (κ2) is 9.55. The lowest BCUT2D eigenvalue weighted by Crippen LogP contribution is -2.34. The van der Waals surface area contributed by atoms with Crippen molar-refractivity contribution in [1.29, 1.82) is 0 Å². The number of rotatable bonds is 8. The molecule has 0 atom stereocenters. The van der Waals surface area contributed by atoms with Crippen molar-refractivity contribution in [3.05, 3.63) is 29.8 Å². The zero-order chi connectivity index (χ0) is 16.4. The molecule has 0 fully saturated rings. The van der Waals surface area contributed by atoms with Crippen LogP contribution in [0.25, 0.3) is 0 Å². The SMILES string of the molecule is CCCCC(=O)NCCNC(=O)c1cccc(NC(C)=O)c1. The van der Waals surface area contributed by atoms with Crippen LogP contribution in [-0.4, -0.2) is 30.8 Å². The fourth-order valence-corrected chi connectivity index (χ4v) is 1.85. The first-order valence-electron chi connectivity index (χ1n) is 7.45. The first kappa shape index (κ1) is 17.7. The summed E-state index contributed by atoms with van der Waals surface area (Å²) in [5, 5.41) is 8.10. The zero-order valence-electron chi connectivity index (χ0n) is 13.1. The molecule has 22 heavy (non-hydrogen) atoms. The zero-order valence-corrected chi connectivity index (χ0v) is 13.1. The minimum Gasteiger partial charge on any atom is -0.354 e. The summed E-state index contributed by atoms with van der Waals surface area (Å²) in [6.07, 6.45) is 2.37. The average molecular weight is 305 g/mol. The second-order valence-electron chi connectivity index (χ2n) is 4.97. The van der Waals surface area contributed by atoms with Gasteiger partial charge < -0.3 is 16.0 Å². The third kappa shape index (κ3) is 6.88. The van der Waals surface area contributed by atoms with E-state index in [-0.39, 0.29) is 17.7 Å². The van der Waals surface area contributed by atoms with Gasteiger partial charge in [0.05, 0.1) is 0 Å². The molecule has 0 unspecified atom stereocenters. The first-order chi connectivity index (χ1) is 10.5. The van der Waals surface area contributed by atoms with Crippen molar-refractivity contribution in [1.82, 2.24) is 10.6 Å². The highest BCUT2D eigenvalue weighted by molar-refractivity contribution is 5.96. The summed E-state index contributed by atoms with van der Waals surface area (Å²) in [5.41, 5.74) is 1.04. The lowest BCUT2D eigenvalue weighted by Gasteiger charge is -2.08. The largest absolute Gasteiger partial charge is 0.354 e. The van der Waals surface area contributed by atoms with Crippen LogP contribution >= 0.6 is 0 Å². The molecule has 0 aliphatic heterocycles. The smallest absolute Gasteiger partial charge is 0.251 e. The topological polar surface area (TPSA) is 87.3 Å². The quantitative estimate of drug-likeness (QED) is 0.639. The minimum atomic E-state index is -0.241. The highest BCUT2D eigenvalue weighted by Crippen LogP contribution is 2.10. The Labute approximate surface area is 130 Å². The van der Waals surface area contributed by atoms with Crippen LogP contribution < -0.4 is 16.0 Å². The van der Waals surface area contributed by atoms with E-state index in [9.17, 15) is 14.4 Å². The summed E-state index contributed by atoms with van der Waals surface area (Å²) in [6.45, 7) is 4.21. The number of carbonyl (C=O) groups is 3. The molecule has 1 aromatic rings. The third-order valence-electron chi connectivity index (χ3n) is 2.94. The van der Waals surface area contributed by atoms with Gasteiger partial charge in [0.1, 0.15) is 0 Å². The molecule has 0 heterocycles. The maximum absolute atomic E-state index is 12.0. The Morgan fingerprint density at radius 3 is 2.50 bits per heavy atom. The highest BCUT2D eigenvalue weighted by Gasteiger charge is 2.06. The predicted octanol–water partition coefficient (Wildman–Crippen LogP) is 1.68. The standard InChI is InChI=1S/C16H23N3O3/c1-3-4-8-15(21)17-9-10-18-16(22)13-6-5-7-14(11-13)19-12(2)20/h5-7,11H,3-4,8-10H2,1-2H3,(H,17,21)(H,18,22)(H,19,20). The molecule has 0 saturated heterocycles. The van der Waals surface area contributed by atoms with Gasteiger partial charge in [-0.3, -0.25) is 14.4 Å². The molecule has 3 N–H and O–H groups in total. The number of benzene rings is 1. The van der Waals surface area contributed by atoms with Gasteiger partial charge in [-0.2, -0.15) is 0 Å². The molecule has 0 aliphatic rings. The van der Waals surface area contributed by atoms with E-state index in [2.05, 4.69) is 16.0 Å². The summed E-state index contributed by atoms with van der Waals surface area (Å²) >= 11 is 0. The number of anilines is 1. The van der Waals surface area contributed by atoms with Gasteiger partial charge in [0.25, 0.3) is 5.91 Å². The Kier molecular flexibility index (Phi) is 7.67. The van der Waals surface area contributed by atoms with Crippen molar-refractivity contribution in [2.24, 2.45) is 0 Å². The van der Waals surface area contributed by atoms with Crippen LogP contribution in [0.3, 0.4) is 0 Å². The number of amides is 3. The minimum absolute atomic E-state index is 0.00348. The maximum atomic E-state index is 12.0. The molecule has 0 saturated carbocycles. The van der Waals surface area contributed by atoms with Gasteiger partial charge in [0.15, 0.2) is 0 Å². The van der Waals surface area contributed by atoms with Gasteiger partial charge in [-0.1, -0.05) is 19.4 Å². The van der Waals surface area contributed by atoms with Crippen LogP contribution in [-0.2, 0) is 9.59 Å². The molecule has 3 amide bonds. The van der Waals surface area contributed by atoms with Crippen molar-refractivity contribution >= 4 is 23.4 Å². The van der Waals surface area contributed by atoms with Gasteiger partial charge in [0, 0.05) is 37.7 Å². The lowest BCUT2D eigenvalue weighted by molar-refractivity contribution is -0.121. The first-order valence-corrected chi connectivity index (χ1v) is 7.45. The molecule has 0 aliphatic carbocycles. The van der Waals surface area contributed by atoms with Crippen LogP contribution in [0.15, 0.2) is 24.3 Å². The molecule has 120 valence electrons. The Morgan fingerprint density at radius 2 is 1.82 bits per heavy atom. The Hall–Kier alpha value is -2.37.